The van der Waals surface area contributed by atoms with Crippen molar-refractivity contribution >= 4 is 27.3 Å². The number of nitrogens with one attached hydrogen (secondary N) is 1. The number of hydrogen-bond acceptors (Lipinski definition) is 3. The van der Waals surface area contributed by atoms with Gasteiger partial charge >= 0.3 is 0 Å². The minimum atomic E-state index is -3.29. The molecule has 1 N–H and O–H groups in total. The first-order valence-corrected chi connectivity index (χ1v) is 9.41. The second-order valence-corrected chi connectivity index (χ2v) is 8.00. The predicted octanol–water partition coefficient (Wildman–Crippen LogP) is 2.77. The van der Waals surface area contributed by atoms with Crippen molar-refractivity contribution in [3.05, 3.63) is 23.8 Å². The van der Waals surface area contributed by atoms with E-state index in [2.05, 4.69) is 18.6 Å². The Kier molecular flexibility index (Phi) is 5.11. The van der Waals surface area contributed by atoms with Gasteiger partial charge in [0.05, 0.1) is 5.75 Å². The number of fused-ring (bicyclic) bond motifs is 1. The van der Waals surface area contributed by atoms with Gasteiger partial charge in [0.1, 0.15) is 0 Å². The number of sulfonamides is 1. The molecule has 0 aromatic heterocycles. The third-order valence-electron chi connectivity index (χ3n) is 3.57. The molecule has 22 heavy (non-hydrogen) atoms. The SMILES string of the molecule is CCCS(=O)(=O)Nc1ccc2c(c1)CCC(=O)N2CC(C)C. The molecular weight excluding hydrogens is 300 g/mol. The van der Waals surface area contributed by atoms with E-state index >= 15 is 0 Å². The summed E-state index contributed by atoms with van der Waals surface area (Å²) in [5, 5.41) is 0. The van der Waals surface area contributed by atoms with Gasteiger partial charge in [0, 0.05) is 24.3 Å². The smallest absolute Gasteiger partial charge is 0.232 e. The maximum atomic E-state index is 12.1. The van der Waals surface area contributed by atoms with Gasteiger partial charge in [0.25, 0.3) is 0 Å². The summed E-state index contributed by atoms with van der Waals surface area (Å²) < 4.78 is 26.3. The quantitative estimate of drug-likeness (QED) is 0.875. The second-order valence-electron chi connectivity index (χ2n) is 6.16. The Morgan fingerprint density at radius 3 is 2.64 bits per heavy atom. The molecule has 2 rings (SSSR count). The van der Waals surface area contributed by atoms with E-state index in [1.807, 2.05) is 24.0 Å². The molecule has 1 heterocycles. The van der Waals surface area contributed by atoms with Crippen molar-refractivity contribution in [2.45, 2.75) is 40.0 Å². The van der Waals surface area contributed by atoms with Gasteiger partial charge in [-0.15, -0.1) is 0 Å². The minimum absolute atomic E-state index is 0.113. The van der Waals surface area contributed by atoms with Crippen LogP contribution in [-0.2, 0) is 21.2 Å². The van der Waals surface area contributed by atoms with Gasteiger partial charge in [0.15, 0.2) is 0 Å². The zero-order chi connectivity index (χ0) is 16.3. The van der Waals surface area contributed by atoms with E-state index in [0.717, 1.165) is 11.3 Å². The molecule has 0 radical (unpaired) electrons. The molecule has 0 saturated heterocycles. The summed E-state index contributed by atoms with van der Waals surface area (Å²) >= 11 is 0. The average molecular weight is 324 g/mol. The molecule has 0 unspecified atom stereocenters. The third-order valence-corrected chi connectivity index (χ3v) is 5.07. The lowest BCUT2D eigenvalue weighted by Crippen LogP contribution is -2.37. The van der Waals surface area contributed by atoms with Crippen LogP contribution < -0.4 is 9.62 Å². The first kappa shape index (κ1) is 16.8. The fourth-order valence-electron chi connectivity index (χ4n) is 2.69. The van der Waals surface area contributed by atoms with Crippen LogP contribution in [0.5, 0.6) is 0 Å². The molecule has 0 saturated carbocycles. The second kappa shape index (κ2) is 6.69. The van der Waals surface area contributed by atoms with Crippen LogP contribution in [0.1, 0.15) is 39.2 Å². The molecule has 1 aromatic carbocycles. The Hall–Kier alpha value is -1.56. The van der Waals surface area contributed by atoms with Crippen LogP contribution in [0.3, 0.4) is 0 Å². The monoisotopic (exact) mass is 324 g/mol. The molecule has 0 bridgehead atoms. The van der Waals surface area contributed by atoms with Crippen LogP contribution in [0.25, 0.3) is 0 Å². The van der Waals surface area contributed by atoms with Gasteiger partial charge < -0.3 is 4.90 Å². The van der Waals surface area contributed by atoms with Crippen molar-refractivity contribution in [1.29, 1.82) is 0 Å². The first-order valence-electron chi connectivity index (χ1n) is 7.76. The molecule has 1 aliphatic rings. The van der Waals surface area contributed by atoms with Crippen LogP contribution in [-0.4, -0.2) is 26.6 Å². The lowest BCUT2D eigenvalue weighted by atomic mass is 9.99. The van der Waals surface area contributed by atoms with E-state index in [4.69, 9.17) is 0 Å². The number of carbonyl (C=O) groups excluding carboxylic acids is 1. The zero-order valence-electron chi connectivity index (χ0n) is 13.4. The number of nitrogens with zero attached hydrogens (tertiary/aromatic N) is 1. The first-order chi connectivity index (χ1) is 10.3. The highest BCUT2D eigenvalue weighted by atomic mass is 32.2. The lowest BCUT2D eigenvalue weighted by molar-refractivity contribution is -0.119. The molecule has 1 aromatic rings. The topological polar surface area (TPSA) is 66.5 Å². The van der Waals surface area contributed by atoms with E-state index in [-0.39, 0.29) is 11.7 Å². The van der Waals surface area contributed by atoms with Gasteiger partial charge in [-0.05, 0) is 42.5 Å². The Labute approximate surface area is 132 Å². The molecule has 0 spiro atoms. The number of hydrogen-bond donors (Lipinski definition) is 1. The minimum Gasteiger partial charge on any atom is -0.312 e. The van der Waals surface area contributed by atoms with Crippen LogP contribution >= 0.6 is 0 Å². The van der Waals surface area contributed by atoms with Gasteiger partial charge in [-0.25, -0.2) is 8.42 Å². The molecule has 1 amide bonds. The highest BCUT2D eigenvalue weighted by Gasteiger charge is 2.25. The van der Waals surface area contributed by atoms with E-state index in [1.54, 1.807) is 6.07 Å². The highest BCUT2D eigenvalue weighted by molar-refractivity contribution is 7.92. The molecule has 6 heteroatoms. The number of aryl methyl sites for hydroxylation is 1. The highest BCUT2D eigenvalue weighted by Crippen LogP contribution is 2.31. The predicted molar refractivity (Wildman–Crippen MR) is 89.7 cm³/mol. The van der Waals surface area contributed by atoms with Gasteiger partial charge in [-0.1, -0.05) is 20.8 Å². The van der Waals surface area contributed by atoms with Gasteiger partial charge in [0.2, 0.25) is 15.9 Å². The largest absolute Gasteiger partial charge is 0.312 e. The number of anilines is 2. The molecule has 1 aliphatic heterocycles. The fraction of sp³-hybridized carbons (Fsp3) is 0.562. The van der Waals surface area contributed by atoms with Crippen molar-refractivity contribution in [3.8, 4) is 0 Å². The molecular formula is C16H24N2O3S. The van der Waals surface area contributed by atoms with Crippen molar-refractivity contribution in [2.75, 3.05) is 21.9 Å². The normalized spacial score (nSPS) is 15.1. The summed E-state index contributed by atoms with van der Waals surface area (Å²) in [5.41, 5.74) is 2.51. The Morgan fingerprint density at radius 1 is 1.27 bits per heavy atom. The molecule has 0 aliphatic carbocycles. The number of carbonyl (C=O) groups is 1. The van der Waals surface area contributed by atoms with Gasteiger partial charge in [-0.2, -0.15) is 0 Å². The Balaban J connectivity index is 2.26. The number of benzene rings is 1. The number of amides is 1. The summed E-state index contributed by atoms with van der Waals surface area (Å²) in [6.07, 6.45) is 1.72. The maximum absolute atomic E-state index is 12.1. The van der Waals surface area contributed by atoms with Crippen molar-refractivity contribution < 1.29 is 13.2 Å². The van der Waals surface area contributed by atoms with E-state index in [1.165, 1.54) is 0 Å². The summed E-state index contributed by atoms with van der Waals surface area (Å²) in [4.78, 5) is 13.9. The van der Waals surface area contributed by atoms with Crippen LogP contribution in [0, 0.1) is 5.92 Å². The van der Waals surface area contributed by atoms with Crippen molar-refractivity contribution in [3.63, 3.8) is 0 Å². The summed E-state index contributed by atoms with van der Waals surface area (Å²) in [6.45, 7) is 6.68. The van der Waals surface area contributed by atoms with Gasteiger partial charge in [-0.3, -0.25) is 9.52 Å². The maximum Gasteiger partial charge on any atom is 0.232 e. The molecule has 5 nitrogen and oxygen atoms in total. The summed E-state index contributed by atoms with van der Waals surface area (Å²) in [6, 6.07) is 5.43. The third kappa shape index (κ3) is 4.00. The zero-order valence-corrected chi connectivity index (χ0v) is 14.2. The van der Waals surface area contributed by atoms with Crippen LogP contribution in [0.15, 0.2) is 18.2 Å². The van der Waals surface area contributed by atoms with Crippen LogP contribution in [0.4, 0.5) is 11.4 Å². The average Bonchev–Trinajstić information content (AvgIpc) is 2.41. The molecule has 0 atom stereocenters. The summed E-state index contributed by atoms with van der Waals surface area (Å²) in [7, 11) is -3.29. The van der Waals surface area contributed by atoms with Crippen LogP contribution in [0.2, 0.25) is 0 Å². The Morgan fingerprint density at radius 2 is 2.00 bits per heavy atom. The lowest BCUT2D eigenvalue weighted by Gasteiger charge is -2.31. The Bertz CT molecular complexity index is 653. The summed E-state index contributed by atoms with van der Waals surface area (Å²) in [5.74, 6) is 0.639. The standard InChI is InChI=1S/C16H24N2O3S/c1-4-9-22(20,21)17-14-6-7-15-13(10-14)5-8-16(19)18(15)11-12(2)3/h6-7,10,12,17H,4-5,8-9,11H2,1-3H3. The molecule has 122 valence electrons. The molecule has 0 fully saturated rings. The van der Waals surface area contributed by atoms with Crippen molar-refractivity contribution in [1.82, 2.24) is 0 Å². The number of rotatable bonds is 6. The van der Waals surface area contributed by atoms with E-state index in [9.17, 15) is 13.2 Å². The van der Waals surface area contributed by atoms with E-state index in [0.29, 0.717) is 37.4 Å². The fourth-order valence-corrected chi connectivity index (χ4v) is 3.81. The van der Waals surface area contributed by atoms with Crippen molar-refractivity contribution in [2.24, 2.45) is 5.92 Å². The van der Waals surface area contributed by atoms with E-state index < -0.39 is 10.0 Å².